The molecule has 0 radical (unpaired) electrons. The number of nitrogens with one attached hydrogen (secondary N) is 1. The number of nitrogens with zero attached hydrogens (tertiary/aromatic N) is 2. The summed E-state index contributed by atoms with van der Waals surface area (Å²) in [6.45, 7) is 3.08. The molecule has 168 valence electrons. The number of anilines is 1. The van der Waals surface area contributed by atoms with Gasteiger partial charge in [-0.25, -0.2) is 13.4 Å². The van der Waals surface area contributed by atoms with Crippen molar-refractivity contribution in [3.05, 3.63) is 54.1 Å². The lowest BCUT2D eigenvalue weighted by atomic mass is 10.1. The van der Waals surface area contributed by atoms with Gasteiger partial charge in [-0.2, -0.15) is 4.31 Å². The van der Waals surface area contributed by atoms with Gasteiger partial charge in [0.15, 0.2) is 0 Å². The van der Waals surface area contributed by atoms with Gasteiger partial charge in [0, 0.05) is 24.2 Å². The minimum Gasteiger partial charge on any atom is -0.497 e. The number of thioether (sulfide) groups is 1. The number of amides is 1. The number of sulfonamides is 1. The zero-order valence-corrected chi connectivity index (χ0v) is 19.6. The van der Waals surface area contributed by atoms with Gasteiger partial charge >= 0.3 is 0 Å². The van der Waals surface area contributed by atoms with Gasteiger partial charge < -0.3 is 10.1 Å². The normalized spacial score (nSPS) is 14.6. The number of ether oxygens (including phenoxy) is 1. The van der Waals surface area contributed by atoms with Crippen molar-refractivity contribution in [2.24, 2.45) is 0 Å². The first kappa shape index (κ1) is 22.6. The third-order valence-electron chi connectivity index (χ3n) is 5.39. The van der Waals surface area contributed by atoms with Gasteiger partial charge in [0.05, 0.1) is 28.3 Å². The summed E-state index contributed by atoms with van der Waals surface area (Å²) in [7, 11) is -1.88. The molecule has 1 fully saturated rings. The van der Waals surface area contributed by atoms with Crippen LogP contribution in [-0.4, -0.2) is 49.6 Å². The van der Waals surface area contributed by atoms with E-state index in [0.717, 1.165) is 34.6 Å². The summed E-state index contributed by atoms with van der Waals surface area (Å²) in [4.78, 5) is 17.2. The molecule has 0 atom stereocenters. The van der Waals surface area contributed by atoms with Crippen LogP contribution in [0.5, 0.6) is 5.75 Å². The summed E-state index contributed by atoms with van der Waals surface area (Å²) < 4.78 is 32.4. The highest BCUT2D eigenvalue weighted by molar-refractivity contribution is 7.99. The molecule has 2 aromatic carbocycles. The summed E-state index contributed by atoms with van der Waals surface area (Å²) >= 11 is 1.34. The second kappa shape index (κ2) is 9.48. The van der Waals surface area contributed by atoms with E-state index < -0.39 is 10.0 Å². The van der Waals surface area contributed by atoms with Gasteiger partial charge in [-0.15, -0.1) is 0 Å². The van der Waals surface area contributed by atoms with Crippen molar-refractivity contribution in [1.29, 1.82) is 0 Å². The summed E-state index contributed by atoms with van der Waals surface area (Å²) in [6, 6.07) is 14.1. The zero-order valence-electron chi connectivity index (χ0n) is 18.0. The van der Waals surface area contributed by atoms with Crippen LogP contribution in [0, 0.1) is 6.92 Å². The Hall–Kier alpha value is -2.62. The van der Waals surface area contributed by atoms with Gasteiger partial charge in [0.1, 0.15) is 5.75 Å². The molecule has 1 amide bonds. The molecule has 0 bridgehead atoms. The Morgan fingerprint density at radius 1 is 1.12 bits per heavy atom. The third-order valence-corrected chi connectivity index (χ3v) is 8.20. The standard InChI is InChI=1S/C23H25N3O4S2/c1-16-13-23(31-15-22(27)24-17-5-7-18(30-2)8-6-17)25-21-10-9-19(14-20(16)21)32(28,29)26-11-3-4-12-26/h5-10,13-14H,3-4,11-12,15H2,1-2H3,(H,24,27). The number of hydrogen-bond acceptors (Lipinski definition) is 6. The van der Waals surface area contributed by atoms with E-state index in [1.54, 1.807) is 53.9 Å². The molecular formula is C23H25N3O4S2. The molecule has 1 aromatic heterocycles. The number of aryl methyl sites for hydroxylation is 1. The maximum Gasteiger partial charge on any atom is 0.243 e. The highest BCUT2D eigenvalue weighted by atomic mass is 32.2. The van der Waals surface area contributed by atoms with Crippen LogP contribution in [-0.2, 0) is 14.8 Å². The van der Waals surface area contributed by atoms with Crippen molar-refractivity contribution in [2.45, 2.75) is 29.7 Å². The summed E-state index contributed by atoms with van der Waals surface area (Å²) in [5.41, 5.74) is 2.33. The Labute approximate surface area is 192 Å². The molecule has 32 heavy (non-hydrogen) atoms. The molecule has 7 nitrogen and oxygen atoms in total. The third kappa shape index (κ3) is 4.90. The molecular weight excluding hydrogens is 446 g/mol. The first-order valence-corrected chi connectivity index (χ1v) is 12.8. The average molecular weight is 472 g/mol. The quantitative estimate of drug-likeness (QED) is 0.523. The maximum atomic E-state index is 12.9. The number of rotatable bonds is 7. The fourth-order valence-electron chi connectivity index (χ4n) is 3.67. The molecule has 9 heteroatoms. The van der Waals surface area contributed by atoms with Crippen molar-refractivity contribution in [1.82, 2.24) is 9.29 Å². The molecule has 1 aliphatic heterocycles. The molecule has 1 N–H and O–H groups in total. The van der Waals surface area contributed by atoms with Crippen LogP contribution in [0.2, 0.25) is 0 Å². The van der Waals surface area contributed by atoms with Gasteiger partial charge in [-0.3, -0.25) is 4.79 Å². The lowest BCUT2D eigenvalue weighted by molar-refractivity contribution is -0.113. The lowest BCUT2D eigenvalue weighted by Gasteiger charge is -2.16. The fourth-order valence-corrected chi connectivity index (χ4v) is 5.98. The first-order chi connectivity index (χ1) is 15.4. The topological polar surface area (TPSA) is 88.6 Å². The molecule has 3 aromatic rings. The van der Waals surface area contributed by atoms with Crippen LogP contribution in [0.3, 0.4) is 0 Å². The van der Waals surface area contributed by atoms with Crippen molar-refractivity contribution in [2.75, 3.05) is 31.3 Å². The summed E-state index contributed by atoms with van der Waals surface area (Å²) in [5.74, 6) is 0.808. The van der Waals surface area contributed by atoms with Crippen molar-refractivity contribution < 1.29 is 17.9 Å². The zero-order chi connectivity index (χ0) is 22.7. The molecule has 4 rings (SSSR count). The van der Waals surface area contributed by atoms with Crippen LogP contribution in [0.15, 0.2) is 58.5 Å². The van der Waals surface area contributed by atoms with E-state index in [2.05, 4.69) is 10.3 Å². The Morgan fingerprint density at radius 3 is 2.53 bits per heavy atom. The lowest BCUT2D eigenvalue weighted by Crippen LogP contribution is -2.27. The van der Waals surface area contributed by atoms with E-state index in [1.165, 1.54) is 11.8 Å². The Bertz CT molecular complexity index is 1240. The van der Waals surface area contributed by atoms with Crippen molar-refractivity contribution in [3.8, 4) is 5.75 Å². The van der Waals surface area contributed by atoms with Gasteiger partial charge in [0.2, 0.25) is 15.9 Å². The predicted molar refractivity (Wildman–Crippen MR) is 127 cm³/mol. The smallest absolute Gasteiger partial charge is 0.243 e. The number of carbonyl (C=O) groups excluding carboxylic acids is 1. The van der Waals surface area contributed by atoms with E-state index in [-0.39, 0.29) is 11.7 Å². The number of hydrogen-bond donors (Lipinski definition) is 1. The average Bonchev–Trinajstić information content (AvgIpc) is 3.34. The first-order valence-electron chi connectivity index (χ1n) is 10.3. The molecule has 0 spiro atoms. The monoisotopic (exact) mass is 471 g/mol. The summed E-state index contributed by atoms with van der Waals surface area (Å²) in [5, 5.41) is 4.37. The number of benzene rings is 2. The van der Waals surface area contributed by atoms with Crippen LogP contribution < -0.4 is 10.1 Å². The highest BCUT2D eigenvalue weighted by Crippen LogP contribution is 2.28. The minimum atomic E-state index is -3.47. The Kier molecular flexibility index (Phi) is 6.68. The van der Waals surface area contributed by atoms with Crippen LogP contribution in [0.1, 0.15) is 18.4 Å². The molecule has 1 aliphatic rings. The minimum absolute atomic E-state index is 0.133. The fraction of sp³-hybridized carbons (Fsp3) is 0.304. The van der Waals surface area contributed by atoms with Crippen LogP contribution in [0.25, 0.3) is 10.9 Å². The predicted octanol–water partition coefficient (Wildman–Crippen LogP) is 4.07. The summed E-state index contributed by atoms with van der Waals surface area (Å²) in [6.07, 6.45) is 1.81. The second-order valence-electron chi connectivity index (χ2n) is 7.63. The van der Waals surface area contributed by atoms with Gasteiger partial charge in [-0.1, -0.05) is 11.8 Å². The van der Waals surface area contributed by atoms with Crippen LogP contribution in [0.4, 0.5) is 5.69 Å². The Balaban J connectivity index is 1.46. The van der Waals surface area contributed by atoms with E-state index in [9.17, 15) is 13.2 Å². The largest absolute Gasteiger partial charge is 0.497 e. The Morgan fingerprint density at radius 2 is 1.84 bits per heavy atom. The molecule has 0 saturated carbocycles. The number of methoxy groups -OCH3 is 1. The number of carbonyl (C=O) groups is 1. The molecule has 0 aliphatic carbocycles. The SMILES string of the molecule is COc1ccc(NC(=O)CSc2cc(C)c3cc(S(=O)(=O)N4CCCC4)ccc3n2)cc1. The number of pyridine rings is 1. The maximum absolute atomic E-state index is 12.9. The second-order valence-corrected chi connectivity index (χ2v) is 10.6. The molecule has 2 heterocycles. The molecule has 0 unspecified atom stereocenters. The molecule has 1 saturated heterocycles. The number of aromatic nitrogens is 1. The van der Waals surface area contributed by atoms with E-state index in [0.29, 0.717) is 29.2 Å². The highest BCUT2D eigenvalue weighted by Gasteiger charge is 2.27. The van der Waals surface area contributed by atoms with Crippen LogP contribution >= 0.6 is 11.8 Å². The number of fused-ring (bicyclic) bond motifs is 1. The van der Waals surface area contributed by atoms with E-state index in [4.69, 9.17) is 4.74 Å². The van der Waals surface area contributed by atoms with E-state index >= 15 is 0 Å². The van der Waals surface area contributed by atoms with Gasteiger partial charge in [-0.05, 0) is 73.9 Å². The van der Waals surface area contributed by atoms with Crippen molar-refractivity contribution >= 4 is 44.3 Å². The van der Waals surface area contributed by atoms with Gasteiger partial charge in [0.25, 0.3) is 0 Å². The van der Waals surface area contributed by atoms with E-state index in [1.807, 2.05) is 13.0 Å². The van der Waals surface area contributed by atoms with Crippen molar-refractivity contribution in [3.63, 3.8) is 0 Å².